The molecule has 0 radical (unpaired) electrons. The fourth-order valence-corrected chi connectivity index (χ4v) is 11.3. The third-order valence-corrected chi connectivity index (χ3v) is 14.8. The highest BCUT2D eigenvalue weighted by molar-refractivity contribution is 5.96. The lowest BCUT2D eigenvalue weighted by Crippen LogP contribution is -2.62. The van der Waals surface area contributed by atoms with Crippen LogP contribution < -0.4 is 10.7 Å². The average Bonchev–Trinajstić information content (AvgIpc) is 4.03. The van der Waals surface area contributed by atoms with Gasteiger partial charge in [0.15, 0.2) is 0 Å². The molecule has 0 saturated carbocycles. The first-order chi connectivity index (χ1) is 33.2. The smallest absolute Gasteiger partial charge is 0.410 e. The lowest BCUT2D eigenvalue weighted by molar-refractivity contribution is -0.155. The van der Waals surface area contributed by atoms with E-state index < -0.39 is 41.8 Å². The predicted octanol–water partition coefficient (Wildman–Crippen LogP) is 8.57. The Kier molecular flexibility index (Phi) is 14.9. The predicted molar refractivity (Wildman–Crippen MR) is 268 cm³/mol. The van der Waals surface area contributed by atoms with Crippen molar-refractivity contribution in [2.45, 2.75) is 144 Å². The minimum Gasteiger partial charge on any atom is -0.464 e. The summed E-state index contributed by atoms with van der Waals surface area (Å²) >= 11 is 0. The van der Waals surface area contributed by atoms with Gasteiger partial charge in [0, 0.05) is 79.7 Å². The number of esters is 1. The zero-order chi connectivity index (χ0) is 50.3. The number of halogens is 1. The number of rotatable bonds is 9. The van der Waals surface area contributed by atoms with Gasteiger partial charge in [-0.2, -0.15) is 0 Å². The number of likely N-dealkylation sites (tertiary alicyclic amines) is 2. The van der Waals surface area contributed by atoms with E-state index >= 15 is 4.39 Å². The summed E-state index contributed by atoms with van der Waals surface area (Å²) in [4.78, 5) is 65.7. The van der Waals surface area contributed by atoms with Crippen LogP contribution in [0.5, 0.6) is 0 Å². The number of cyclic esters (lactones) is 1. The lowest BCUT2D eigenvalue weighted by atomic mass is 9.84. The summed E-state index contributed by atoms with van der Waals surface area (Å²) in [6.07, 6.45) is 4.47. The van der Waals surface area contributed by atoms with Gasteiger partial charge in [-0.3, -0.25) is 29.3 Å². The molecule has 4 aliphatic heterocycles. The highest BCUT2D eigenvalue weighted by Gasteiger charge is 2.49. The molecule has 14 nitrogen and oxygen atoms in total. The summed E-state index contributed by atoms with van der Waals surface area (Å²) in [5, 5.41) is 5.67. The number of aromatic nitrogens is 2. The highest BCUT2D eigenvalue weighted by atomic mass is 19.1. The molecule has 8 rings (SSSR count). The van der Waals surface area contributed by atoms with Gasteiger partial charge in [-0.05, 0) is 137 Å². The van der Waals surface area contributed by atoms with Gasteiger partial charge in [-0.25, -0.2) is 14.6 Å². The average molecular weight is 964 g/mol. The SMILES string of the molecule is CCn1c(-c2cccnc2[C@H](C)OC)c2c3cc(ccc31)-c1cc(CF)cc(c1)C[C@H](NC(=O)[C@H](C(C)C)N1CC[C@]3(CCN(C(=O)OC(C)(C)C)C3)C1)C(=O)N1CCC[C@H](N1)C(=O)OCC(C)(C)C2. The van der Waals surface area contributed by atoms with Crippen molar-refractivity contribution in [1.82, 2.24) is 35.1 Å². The van der Waals surface area contributed by atoms with Crippen LogP contribution in [0.2, 0.25) is 0 Å². The Labute approximate surface area is 412 Å². The molecule has 4 aliphatic rings. The molecule has 2 N–H and O–H groups in total. The first kappa shape index (κ1) is 51.0. The monoisotopic (exact) mass is 964 g/mol. The molecule has 378 valence electrons. The van der Waals surface area contributed by atoms with E-state index in [0.29, 0.717) is 69.7 Å². The molecular formula is C55H74FN7O7. The van der Waals surface area contributed by atoms with Gasteiger partial charge in [0.25, 0.3) is 5.91 Å². The van der Waals surface area contributed by atoms with E-state index in [1.807, 2.05) is 59.7 Å². The van der Waals surface area contributed by atoms with E-state index in [4.69, 9.17) is 19.2 Å². The van der Waals surface area contributed by atoms with Crippen LogP contribution in [0.25, 0.3) is 33.3 Å². The summed E-state index contributed by atoms with van der Waals surface area (Å²) in [6, 6.07) is 13.6. The number of fused-ring (bicyclic) bond motifs is 6. The Hall–Kier alpha value is -5.38. The maximum atomic E-state index is 15.0. The molecule has 2 aromatic heterocycles. The van der Waals surface area contributed by atoms with Gasteiger partial charge in [-0.1, -0.05) is 45.9 Å². The second-order valence-corrected chi connectivity index (χ2v) is 22.4. The number of aryl methyl sites for hydroxylation is 1. The number of pyridine rings is 1. The van der Waals surface area contributed by atoms with Crippen LogP contribution in [0.4, 0.5) is 9.18 Å². The van der Waals surface area contributed by atoms with Crippen LogP contribution in [0.15, 0.2) is 54.7 Å². The molecule has 70 heavy (non-hydrogen) atoms. The van der Waals surface area contributed by atoms with Crippen molar-refractivity contribution in [3.8, 4) is 22.4 Å². The van der Waals surface area contributed by atoms with Crippen molar-refractivity contribution in [3.05, 3.63) is 77.1 Å². The molecule has 0 aliphatic carbocycles. The van der Waals surface area contributed by atoms with Crippen LogP contribution in [0.3, 0.4) is 0 Å². The van der Waals surface area contributed by atoms with E-state index in [2.05, 4.69) is 65.2 Å². The number of nitrogens with zero attached hydrogens (tertiary/aromatic N) is 5. The summed E-state index contributed by atoms with van der Waals surface area (Å²) in [6.45, 7) is 20.8. The highest BCUT2D eigenvalue weighted by Crippen LogP contribution is 2.43. The summed E-state index contributed by atoms with van der Waals surface area (Å²) in [7, 11) is 1.68. The molecule has 2 aromatic carbocycles. The zero-order valence-corrected chi connectivity index (χ0v) is 43.0. The number of ether oxygens (including phenoxy) is 3. The van der Waals surface area contributed by atoms with Crippen LogP contribution in [0.1, 0.15) is 116 Å². The quantitative estimate of drug-likeness (QED) is 0.157. The van der Waals surface area contributed by atoms with E-state index in [9.17, 15) is 19.2 Å². The third kappa shape index (κ3) is 10.8. The fourth-order valence-electron chi connectivity index (χ4n) is 11.3. The number of hydrogen-bond donors (Lipinski definition) is 2. The fraction of sp³-hybridized carbons (Fsp3) is 0.582. The number of hydrogen-bond acceptors (Lipinski definition) is 10. The van der Waals surface area contributed by atoms with Gasteiger partial charge in [0.05, 0.1) is 30.1 Å². The molecule has 4 aromatic rings. The van der Waals surface area contributed by atoms with Crippen molar-refractivity contribution in [3.63, 3.8) is 0 Å². The Balaban J connectivity index is 1.18. The number of methoxy groups -OCH3 is 1. The first-order valence-corrected chi connectivity index (χ1v) is 25.3. The van der Waals surface area contributed by atoms with Crippen LogP contribution >= 0.6 is 0 Å². The second kappa shape index (κ2) is 20.4. The Morgan fingerprint density at radius 2 is 1.79 bits per heavy atom. The van der Waals surface area contributed by atoms with Gasteiger partial charge >= 0.3 is 12.1 Å². The summed E-state index contributed by atoms with van der Waals surface area (Å²) in [5.41, 5.74) is 9.59. The van der Waals surface area contributed by atoms with Crippen molar-refractivity contribution in [2.75, 3.05) is 46.4 Å². The molecule has 1 spiro atoms. The molecule has 3 saturated heterocycles. The third-order valence-electron chi connectivity index (χ3n) is 14.8. The van der Waals surface area contributed by atoms with Crippen molar-refractivity contribution in [1.29, 1.82) is 0 Å². The maximum Gasteiger partial charge on any atom is 0.410 e. The molecule has 6 heterocycles. The second-order valence-electron chi connectivity index (χ2n) is 22.4. The van der Waals surface area contributed by atoms with E-state index in [1.54, 1.807) is 24.3 Å². The van der Waals surface area contributed by atoms with Crippen LogP contribution in [-0.2, 0) is 54.7 Å². The molecule has 5 atom stereocenters. The maximum absolute atomic E-state index is 15.0. The zero-order valence-electron chi connectivity index (χ0n) is 43.0. The number of hydrazine groups is 1. The summed E-state index contributed by atoms with van der Waals surface area (Å²) < 4.78 is 35.0. The first-order valence-electron chi connectivity index (χ1n) is 25.3. The molecule has 3 amide bonds. The minimum absolute atomic E-state index is 0.0812. The molecule has 3 fully saturated rings. The number of alkyl halides is 1. The number of nitrogens with one attached hydrogen (secondary N) is 2. The van der Waals surface area contributed by atoms with Crippen molar-refractivity contribution in [2.24, 2.45) is 16.7 Å². The standard InChI is InChI=1S/C55H74FN7O7/c1-11-62-45-17-16-38-28-41(45)42(48(62)40-14-12-20-57-46(40)35(4)68-10)29-54(8,9)33-69-51(66)43-15-13-21-63(59-43)50(65)44(27-36-24-37(30-56)26-39(38)25-36)58-49(64)47(34(2)3)60-22-18-55(31-60)19-23-61(32-55)52(67)70-53(5,6)7/h12,14,16-17,20,24-26,28,34-35,43-44,47,59H,11,13,15,18-19,21-23,27,29-33H2,1-10H3,(H,58,64)/t35-,43-,44-,47-,55-/m0/s1. The Morgan fingerprint density at radius 1 is 1.01 bits per heavy atom. The Morgan fingerprint density at radius 3 is 2.50 bits per heavy atom. The molecule has 6 bridgehead atoms. The largest absolute Gasteiger partial charge is 0.464 e. The number of carbonyl (C=O) groups is 4. The van der Waals surface area contributed by atoms with Gasteiger partial charge in [0.2, 0.25) is 5.91 Å². The van der Waals surface area contributed by atoms with Crippen molar-refractivity contribution >= 4 is 34.8 Å². The normalized spacial score (nSPS) is 23.1. The van der Waals surface area contributed by atoms with Crippen molar-refractivity contribution < 1.29 is 37.8 Å². The molecule has 0 unspecified atom stereocenters. The van der Waals surface area contributed by atoms with E-state index in [1.165, 1.54) is 5.01 Å². The topological polar surface area (TPSA) is 148 Å². The van der Waals surface area contributed by atoms with E-state index in [-0.39, 0.29) is 48.4 Å². The van der Waals surface area contributed by atoms with Gasteiger partial charge in [0.1, 0.15) is 24.4 Å². The Bertz CT molecular complexity index is 2600. The minimum atomic E-state index is -1.05. The number of carbonyl (C=O) groups excluding carboxylic acids is 4. The van der Waals surface area contributed by atoms with Crippen LogP contribution in [-0.4, -0.2) is 118 Å². The summed E-state index contributed by atoms with van der Waals surface area (Å²) in [5.74, 6) is -1.23. The number of benzene rings is 2. The molecule has 15 heteroatoms. The van der Waals surface area contributed by atoms with Crippen LogP contribution in [0, 0.1) is 16.7 Å². The number of amides is 3. The van der Waals surface area contributed by atoms with E-state index in [0.717, 1.165) is 57.4 Å². The molecular weight excluding hydrogens is 890 g/mol. The lowest BCUT2D eigenvalue weighted by Gasteiger charge is -2.37. The van der Waals surface area contributed by atoms with Gasteiger partial charge in [-0.15, -0.1) is 0 Å². The van der Waals surface area contributed by atoms with Gasteiger partial charge < -0.3 is 29.0 Å².